The molecule has 222 valence electrons. The van der Waals surface area contributed by atoms with E-state index < -0.39 is 0 Å². The lowest BCUT2D eigenvalue weighted by Gasteiger charge is -2.36. The summed E-state index contributed by atoms with van der Waals surface area (Å²) in [6.45, 7) is 6.06. The lowest BCUT2D eigenvalue weighted by Crippen LogP contribution is -2.50. The molecule has 3 aromatic rings. The van der Waals surface area contributed by atoms with E-state index in [2.05, 4.69) is 20.4 Å². The third-order valence-corrected chi connectivity index (χ3v) is 8.12. The molecule has 2 heterocycles. The Balaban J connectivity index is 1.09. The van der Waals surface area contributed by atoms with Gasteiger partial charge in [0.1, 0.15) is 11.5 Å². The van der Waals surface area contributed by atoms with E-state index >= 15 is 0 Å². The summed E-state index contributed by atoms with van der Waals surface area (Å²) in [6, 6.07) is 18.8. The zero-order valence-corrected chi connectivity index (χ0v) is 25.0. The predicted octanol–water partition coefficient (Wildman–Crippen LogP) is 5.24. The van der Waals surface area contributed by atoms with Crippen molar-refractivity contribution in [1.29, 1.82) is 0 Å². The lowest BCUT2D eigenvalue weighted by molar-refractivity contribution is 0.0950. The molecule has 0 saturated carbocycles. The smallest absolute Gasteiger partial charge is 0.322 e. The van der Waals surface area contributed by atoms with E-state index in [0.29, 0.717) is 60.5 Å². The quantitative estimate of drug-likeness (QED) is 0.354. The highest BCUT2D eigenvalue weighted by molar-refractivity contribution is 6.33. The van der Waals surface area contributed by atoms with Gasteiger partial charge in [0.05, 0.1) is 24.9 Å². The number of carbonyl (C=O) groups is 2. The van der Waals surface area contributed by atoms with Crippen molar-refractivity contribution >= 4 is 34.9 Å². The Morgan fingerprint density at radius 2 is 1.48 bits per heavy atom. The molecular formula is C32H38ClN5O4. The number of ether oxygens (including phenoxy) is 2. The number of benzene rings is 3. The number of hydrogen-bond donors (Lipinski definition) is 2. The molecule has 3 amide bonds. The molecule has 2 fully saturated rings. The van der Waals surface area contributed by atoms with Crippen molar-refractivity contribution in [3.8, 4) is 11.5 Å². The Labute approximate surface area is 252 Å². The summed E-state index contributed by atoms with van der Waals surface area (Å²) in [5, 5.41) is 6.49. The van der Waals surface area contributed by atoms with Crippen LogP contribution in [0.1, 0.15) is 34.3 Å². The molecule has 10 heteroatoms. The van der Waals surface area contributed by atoms with Crippen molar-refractivity contribution in [2.24, 2.45) is 0 Å². The molecule has 0 unspecified atom stereocenters. The van der Waals surface area contributed by atoms with E-state index in [1.54, 1.807) is 25.2 Å². The van der Waals surface area contributed by atoms with Crippen LogP contribution >= 0.6 is 11.6 Å². The molecule has 0 spiro atoms. The first-order chi connectivity index (χ1) is 20.4. The molecule has 5 rings (SSSR count). The number of hydrogen-bond acceptors (Lipinski definition) is 6. The van der Waals surface area contributed by atoms with Crippen LogP contribution in [0.2, 0.25) is 5.02 Å². The number of nitrogens with one attached hydrogen (secondary N) is 2. The minimum atomic E-state index is -0.160. The molecule has 0 bridgehead atoms. The van der Waals surface area contributed by atoms with Crippen LogP contribution in [0.5, 0.6) is 11.5 Å². The van der Waals surface area contributed by atoms with Gasteiger partial charge in [-0.1, -0.05) is 17.7 Å². The minimum Gasteiger partial charge on any atom is -0.497 e. The number of anilines is 2. The van der Waals surface area contributed by atoms with Crippen LogP contribution in [-0.2, 0) is 13.1 Å². The molecule has 0 radical (unpaired) electrons. The molecule has 2 aliphatic rings. The largest absolute Gasteiger partial charge is 0.497 e. The Morgan fingerprint density at radius 3 is 2.10 bits per heavy atom. The second kappa shape index (κ2) is 13.8. The van der Waals surface area contributed by atoms with Crippen LogP contribution in [0.25, 0.3) is 0 Å². The first kappa shape index (κ1) is 29.5. The average molecular weight is 592 g/mol. The van der Waals surface area contributed by atoms with Crippen LogP contribution in [0.15, 0.2) is 60.7 Å². The summed E-state index contributed by atoms with van der Waals surface area (Å²) in [6.07, 6.45) is 2.50. The molecular weight excluding hydrogens is 554 g/mol. The summed E-state index contributed by atoms with van der Waals surface area (Å²) in [5.74, 6) is 1.19. The normalized spacial score (nSPS) is 15.4. The van der Waals surface area contributed by atoms with Crippen molar-refractivity contribution in [2.45, 2.75) is 25.9 Å². The Morgan fingerprint density at radius 1 is 0.810 bits per heavy atom. The van der Waals surface area contributed by atoms with Crippen molar-refractivity contribution in [3.05, 3.63) is 82.4 Å². The fraction of sp³-hybridized carbons (Fsp3) is 0.375. The number of rotatable bonds is 9. The summed E-state index contributed by atoms with van der Waals surface area (Å²) < 4.78 is 10.6. The third-order valence-electron chi connectivity index (χ3n) is 7.81. The molecule has 2 aliphatic heterocycles. The molecule has 9 nitrogen and oxygen atoms in total. The monoisotopic (exact) mass is 591 g/mol. The van der Waals surface area contributed by atoms with Gasteiger partial charge in [0.2, 0.25) is 0 Å². The van der Waals surface area contributed by atoms with Crippen molar-refractivity contribution in [1.82, 2.24) is 15.1 Å². The summed E-state index contributed by atoms with van der Waals surface area (Å²) in [4.78, 5) is 32.2. The molecule has 42 heavy (non-hydrogen) atoms. The fourth-order valence-corrected chi connectivity index (χ4v) is 5.65. The van der Waals surface area contributed by atoms with E-state index in [-0.39, 0.29) is 11.9 Å². The van der Waals surface area contributed by atoms with Gasteiger partial charge < -0.3 is 29.9 Å². The highest BCUT2D eigenvalue weighted by Gasteiger charge is 2.22. The Bertz CT molecular complexity index is 1360. The van der Waals surface area contributed by atoms with E-state index in [1.165, 1.54) is 12.8 Å². The first-order valence-electron chi connectivity index (χ1n) is 14.3. The van der Waals surface area contributed by atoms with E-state index in [4.69, 9.17) is 21.1 Å². The van der Waals surface area contributed by atoms with Gasteiger partial charge in [-0.15, -0.1) is 0 Å². The van der Waals surface area contributed by atoms with E-state index in [1.807, 2.05) is 54.6 Å². The standard InChI is InChI=1S/C32H38ClN5O4/c1-41-27-17-24(18-28(20-27)42-2)21-34-31(39)25-6-8-26(9-7-25)37-13-15-38(16-14-37)32(40)35-30-10-5-23(19-29(30)33)22-36-11-3-4-12-36/h5-10,17-20H,3-4,11-16,21-22H2,1-2H3,(H,34,39)(H,35,40). The van der Waals surface area contributed by atoms with Gasteiger partial charge in [0.15, 0.2) is 0 Å². The fourth-order valence-electron chi connectivity index (χ4n) is 5.40. The number of likely N-dealkylation sites (tertiary alicyclic amines) is 1. The zero-order chi connectivity index (χ0) is 29.5. The van der Waals surface area contributed by atoms with Crippen molar-refractivity contribution in [2.75, 3.05) is 63.7 Å². The number of halogens is 1. The van der Waals surface area contributed by atoms with Crippen LogP contribution in [0, 0.1) is 0 Å². The maximum atomic E-state index is 13.0. The highest BCUT2D eigenvalue weighted by atomic mass is 35.5. The molecule has 0 atom stereocenters. The van der Waals surface area contributed by atoms with E-state index in [0.717, 1.165) is 36.4 Å². The van der Waals surface area contributed by atoms with Gasteiger partial charge in [-0.25, -0.2) is 4.79 Å². The number of urea groups is 1. The van der Waals surface area contributed by atoms with Crippen LogP contribution in [0.4, 0.5) is 16.2 Å². The van der Waals surface area contributed by atoms with Crippen molar-refractivity contribution < 1.29 is 19.1 Å². The first-order valence-corrected chi connectivity index (χ1v) is 14.7. The Hall–Kier alpha value is -3.95. The van der Waals surface area contributed by atoms with Gasteiger partial charge in [-0.05, 0) is 85.6 Å². The number of nitrogens with zero attached hydrogens (tertiary/aromatic N) is 3. The van der Waals surface area contributed by atoms with Crippen LogP contribution in [-0.4, -0.2) is 75.2 Å². The highest BCUT2D eigenvalue weighted by Crippen LogP contribution is 2.26. The predicted molar refractivity (Wildman–Crippen MR) is 166 cm³/mol. The second-order valence-electron chi connectivity index (χ2n) is 10.7. The van der Waals surface area contributed by atoms with Gasteiger partial charge in [0, 0.05) is 56.6 Å². The van der Waals surface area contributed by atoms with Gasteiger partial charge >= 0.3 is 6.03 Å². The molecule has 0 aromatic heterocycles. The lowest BCUT2D eigenvalue weighted by atomic mass is 10.1. The average Bonchev–Trinajstić information content (AvgIpc) is 3.54. The Kier molecular flexibility index (Phi) is 9.71. The van der Waals surface area contributed by atoms with Crippen molar-refractivity contribution in [3.63, 3.8) is 0 Å². The van der Waals surface area contributed by atoms with Crippen LogP contribution in [0.3, 0.4) is 0 Å². The molecule has 0 aliphatic carbocycles. The number of methoxy groups -OCH3 is 2. The molecule has 2 N–H and O–H groups in total. The number of carbonyl (C=O) groups excluding carboxylic acids is 2. The number of piperazine rings is 1. The maximum Gasteiger partial charge on any atom is 0.322 e. The van der Waals surface area contributed by atoms with Gasteiger partial charge in [0.25, 0.3) is 5.91 Å². The second-order valence-corrected chi connectivity index (χ2v) is 11.1. The molecule has 3 aromatic carbocycles. The zero-order valence-electron chi connectivity index (χ0n) is 24.2. The SMILES string of the molecule is COc1cc(CNC(=O)c2ccc(N3CCN(C(=O)Nc4ccc(CN5CCCC5)cc4Cl)CC3)cc2)cc(OC)c1. The summed E-state index contributed by atoms with van der Waals surface area (Å²) >= 11 is 6.51. The minimum absolute atomic E-state index is 0.149. The van der Waals surface area contributed by atoms with E-state index in [9.17, 15) is 9.59 Å². The van der Waals surface area contributed by atoms with Gasteiger partial charge in [-0.2, -0.15) is 0 Å². The number of amides is 3. The summed E-state index contributed by atoms with van der Waals surface area (Å²) in [5.41, 5.74) is 4.27. The molecule has 2 saturated heterocycles. The third kappa shape index (κ3) is 7.46. The summed E-state index contributed by atoms with van der Waals surface area (Å²) in [7, 11) is 3.19. The van der Waals surface area contributed by atoms with Gasteiger partial charge in [-0.3, -0.25) is 9.69 Å². The maximum absolute atomic E-state index is 13.0. The van der Waals surface area contributed by atoms with Crippen LogP contribution < -0.4 is 25.0 Å². The topological polar surface area (TPSA) is 86.4 Å².